The standard InChI is InChI=1S/C14H26N2/c1-11-7-15(9-13-3-4-13)8-12(2)16(11)10-14-5-6-14/h11-14H,3-10H2,1-2H3/t11-,12-/m0/s1. The molecule has 2 nitrogen and oxygen atoms in total. The zero-order chi connectivity index (χ0) is 11.1. The highest BCUT2D eigenvalue weighted by atomic mass is 15.3. The minimum absolute atomic E-state index is 0.781. The van der Waals surface area contributed by atoms with Crippen LogP contribution in [-0.4, -0.2) is 48.1 Å². The van der Waals surface area contributed by atoms with Crippen LogP contribution in [0.4, 0.5) is 0 Å². The number of nitrogens with zero attached hydrogens (tertiary/aromatic N) is 2. The van der Waals surface area contributed by atoms with E-state index >= 15 is 0 Å². The third kappa shape index (κ3) is 2.60. The molecule has 3 aliphatic rings. The maximum absolute atomic E-state index is 2.76. The Bertz CT molecular complexity index is 233. The normalized spacial score (nSPS) is 37.9. The molecule has 2 saturated carbocycles. The zero-order valence-corrected chi connectivity index (χ0v) is 10.9. The summed E-state index contributed by atoms with van der Waals surface area (Å²) < 4.78 is 0. The Morgan fingerprint density at radius 1 is 0.812 bits per heavy atom. The lowest BCUT2D eigenvalue weighted by Gasteiger charge is -2.44. The molecule has 0 N–H and O–H groups in total. The van der Waals surface area contributed by atoms with Crippen molar-refractivity contribution in [1.29, 1.82) is 0 Å². The van der Waals surface area contributed by atoms with Gasteiger partial charge in [0.25, 0.3) is 0 Å². The molecule has 0 aromatic heterocycles. The molecule has 0 unspecified atom stereocenters. The van der Waals surface area contributed by atoms with Gasteiger partial charge in [-0.3, -0.25) is 9.80 Å². The Labute approximate surface area is 100.0 Å². The average molecular weight is 222 g/mol. The molecule has 2 heteroatoms. The predicted molar refractivity (Wildman–Crippen MR) is 67.5 cm³/mol. The number of hydrogen-bond donors (Lipinski definition) is 0. The van der Waals surface area contributed by atoms with Gasteiger partial charge < -0.3 is 0 Å². The summed E-state index contributed by atoms with van der Waals surface area (Å²) in [4.78, 5) is 5.48. The number of hydrogen-bond acceptors (Lipinski definition) is 2. The fourth-order valence-electron chi connectivity index (χ4n) is 3.24. The molecule has 2 atom stereocenters. The van der Waals surface area contributed by atoms with Crippen molar-refractivity contribution in [3.8, 4) is 0 Å². The summed E-state index contributed by atoms with van der Waals surface area (Å²) in [6.07, 6.45) is 5.96. The summed E-state index contributed by atoms with van der Waals surface area (Å²) in [5.74, 6) is 2.09. The van der Waals surface area contributed by atoms with Crippen LogP contribution in [0.15, 0.2) is 0 Å². The molecule has 1 heterocycles. The molecule has 16 heavy (non-hydrogen) atoms. The summed E-state index contributed by atoms with van der Waals surface area (Å²) in [7, 11) is 0. The van der Waals surface area contributed by atoms with Gasteiger partial charge in [0.2, 0.25) is 0 Å². The molecule has 92 valence electrons. The van der Waals surface area contributed by atoms with Gasteiger partial charge in [0.05, 0.1) is 0 Å². The number of rotatable bonds is 4. The quantitative estimate of drug-likeness (QED) is 0.719. The van der Waals surface area contributed by atoms with Crippen LogP contribution in [0.25, 0.3) is 0 Å². The highest BCUT2D eigenvalue weighted by Crippen LogP contribution is 2.33. The van der Waals surface area contributed by atoms with Gasteiger partial charge in [-0.15, -0.1) is 0 Å². The van der Waals surface area contributed by atoms with E-state index < -0.39 is 0 Å². The van der Waals surface area contributed by atoms with Crippen LogP contribution >= 0.6 is 0 Å². The maximum atomic E-state index is 2.76. The zero-order valence-electron chi connectivity index (χ0n) is 10.9. The first kappa shape index (κ1) is 11.0. The monoisotopic (exact) mass is 222 g/mol. The first-order valence-corrected chi connectivity index (χ1v) is 7.20. The van der Waals surface area contributed by atoms with Gasteiger partial charge in [-0.1, -0.05) is 0 Å². The molecule has 0 aromatic carbocycles. The molecule has 0 radical (unpaired) electrons. The smallest absolute Gasteiger partial charge is 0.0198 e. The van der Waals surface area contributed by atoms with Gasteiger partial charge in [-0.2, -0.15) is 0 Å². The minimum atomic E-state index is 0.781. The molecular weight excluding hydrogens is 196 g/mol. The third-order valence-electron chi connectivity index (χ3n) is 4.56. The van der Waals surface area contributed by atoms with Crippen LogP contribution in [0.3, 0.4) is 0 Å². The van der Waals surface area contributed by atoms with Crippen LogP contribution in [0.5, 0.6) is 0 Å². The van der Waals surface area contributed by atoms with Gasteiger partial charge in [0, 0.05) is 38.3 Å². The summed E-state index contributed by atoms with van der Waals surface area (Å²) in [5, 5.41) is 0. The predicted octanol–water partition coefficient (Wildman–Crippen LogP) is 2.20. The molecule has 1 saturated heterocycles. The van der Waals surface area contributed by atoms with Crippen LogP contribution in [-0.2, 0) is 0 Å². The fourth-order valence-corrected chi connectivity index (χ4v) is 3.24. The molecule has 0 aromatic rings. The van der Waals surface area contributed by atoms with Gasteiger partial charge in [-0.05, 0) is 51.4 Å². The van der Waals surface area contributed by atoms with Crippen molar-refractivity contribution < 1.29 is 0 Å². The van der Waals surface area contributed by atoms with E-state index in [0.717, 1.165) is 23.9 Å². The van der Waals surface area contributed by atoms with E-state index in [-0.39, 0.29) is 0 Å². The second kappa shape index (κ2) is 4.30. The lowest BCUT2D eigenvalue weighted by molar-refractivity contribution is 0.0334. The summed E-state index contributed by atoms with van der Waals surface area (Å²) in [5.41, 5.74) is 0. The molecule has 3 fully saturated rings. The second-order valence-corrected chi connectivity index (χ2v) is 6.50. The van der Waals surface area contributed by atoms with E-state index in [2.05, 4.69) is 23.6 Å². The van der Waals surface area contributed by atoms with Crippen molar-refractivity contribution in [2.45, 2.75) is 51.6 Å². The molecule has 0 spiro atoms. The van der Waals surface area contributed by atoms with Crippen LogP contribution in [0, 0.1) is 11.8 Å². The Balaban J connectivity index is 1.53. The minimum Gasteiger partial charge on any atom is -0.300 e. The molecule has 0 bridgehead atoms. The Kier molecular flexibility index (Phi) is 2.97. The van der Waals surface area contributed by atoms with Gasteiger partial charge in [-0.25, -0.2) is 0 Å². The summed E-state index contributed by atoms with van der Waals surface area (Å²) >= 11 is 0. The molecule has 1 aliphatic heterocycles. The summed E-state index contributed by atoms with van der Waals surface area (Å²) in [6, 6.07) is 1.56. The Morgan fingerprint density at radius 3 is 1.81 bits per heavy atom. The van der Waals surface area contributed by atoms with Crippen molar-refractivity contribution in [1.82, 2.24) is 9.80 Å². The Morgan fingerprint density at radius 2 is 1.31 bits per heavy atom. The van der Waals surface area contributed by atoms with Crippen molar-refractivity contribution in [3.63, 3.8) is 0 Å². The van der Waals surface area contributed by atoms with Crippen LogP contribution in [0.2, 0.25) is 0 Å². The lowest BCUT2D eigenvalue weighted by Crippen LogP contribution is -2.57. The topological polar surface area (TPSA) is 6.48 Å². The highest BCUT2D eigenvalue weighted by Gasteiger charge is 2.35. The molecule has 0 amide bonds. The second-order valence-electron chi connectivity index (χ2n) is 6.50. The molecule has 3 rings (SSSR count). The molecular formula is C14H26N2. The first-order chi connectivity index (χ1) is 7.72. The van der Waals surface area contributed by atoms with E-state index in [9.17, 15) is 0 Å². The fraction of sp³-hybridized carbons (Fsp3) is 1.00. The van der Waals surface area contributed by atoms with E-state index in [1.807, 2.05) is 0 Å². The highest BCUT2D eigenvalue weighted by molar-refractivity contribution is 4.90. The average Bonchev–Trinajstić information content (AvgIpc) is 3.06. The van der Waals surface area contributed by atoms with E-state index in [1.165, 1.54) is 51.9 Å². The number of piperazine rings is 1. The largest absolute Gasteiger partial charge is 0.300 e. The van der Waals surface area contributed by atoms with Crippen molar-refractivity contribution in [2.24, 2.45) is 11.8 Å². The maximum Gasteiger partial charge on any atom is 0.0198 e. The molecule has 2 aliphatic carbocycles. The van der Waals surface area contributed by atoms with Crippen molar-refractivity contribution in [2.75, 3.05) is 26.2 Å². The first-order valence-electron chi connectivity index (χ1n) is 7.20. The SMILES string of the molecule is C[C@H]1CN(CC2CC2)C[C@H](C)N1CC1CC1. The Hall–Kier alpha value is -0.0800. The van der Waals surface area contributed by atoms with Gasteiger partial charge in [0.15, 0.2) is 0 Å². The van der Waals surface area contributed by atoms with E-state index in [1.54, 1.807) is 0 Å². The van der Waals surface area contributed by atoms with E-state index in [0.29, 0.717) is 0 Å². The van der Waals surface area contributed by atoms with Gasteiger partial charge >= 0.3 is 0 Å². The van der Waals surface area contributed by atoms with Gasteiger partial charge in [0.1, 0.15) is 0 Å². The lowest BCUT2D eigenvalue weighted by atomic mass is 10.1. The van der Waals surface area contributed by atoms with Crippen LogP contribution < -0.4 is 0 Å². The van der Waals surface area contributed by atoms with Crippen LogP contribution in [0.1, 0.15) is 39.5 Å². The van der Waals surface area contributed by atoms with E-state index in [4.69, 9.17) is 0 Å². The van der Waals surface area contributed by atoms with Crippen molar-refractivity contribution >= 4 is 0 Å². The summed E-state index contributed by atoms with van der Waals surface area (Å²) in [6.45, 7) is 10.2. The third-order valence-corrected chi connectivity index (χ3v) is 4.56. The van der Waals surface area contributed by atoms with Crippen molar-refractivity contribution in [3.05, 3.63) is 0 Å².